The Hall–Kier alpha value is 0. The maximum atomic E-state index is 2.39. The summed E-state index contributed by atoms with van der Waals surface area (Å²) in [5.41, 5.74) is 0. The molecule has 19 heavy (non-hydrogen) atoms. The zero-order valence-electron chi connectivity index (χ0n) is 14.1. The van der Waals surface area contributed by atoms with Crippen LogP contribution in [0.1, 0.15) is 111 Å². The van der Waals surface area contributed by atoms with Crippen molar-refractivity contribution in [2.75, 3.05) is 0 Å². The predicted molar refractivity (Wildman–Crippen MR) is 89.5 cm³/mol. The largest absolute Gasteiger partial charge is 0.0654 e. The van der Waals surface area contributed by atoms with E-state index in [4.69, 9.17) is 0 Å². The van der Waals surface area contributed by atoms with E-state index in [0.717, 1.165) is 5.92 Å². The minimum Gasteiger partial charge on any atom is -0.0654 e. The molecule has 0 saturated heterocycles. The Morgan fingerprint density at radius 3 is 1.53 bits per heavy atom. The molecule has 0 aromatic heterocycles. The molecule has 1 unspecified atom stereocenters. The first-order valence-corrected chi connectivity index (χ1v) is 9.09. The van der Waals surface area contributed by atoms with Crippen molar-refractivity contribution < 1.29 is 0 Å². The molecule has 0 spiro atoms. The van der Waals surface area contributed by atoms with E-state index in [-0.39, 0.29) is 0 Å². The third kappa shape index (κ3) is 15.9. The van der Waals surface area contributed by atoms with E-state index in [9.17, 15) is 0 Å². The van der Waals surface area contributed by atoms with Crippen LogP contribution < -0.4 is 0 Å². The maximum absolute atomic E-state index is 2.39. The summed E-state index contributed by atoms with van der Waals surface area (Å²) in [6.45, 7) is 6.86. The van der Waals surface area contributed by atoms with Gasteiger partial charge in [-0.25, -0.2) is 0 Å². The zero-order valence-corrected chi connectivity index (χ0v) is 14.1. The summed E-state index contributed by atoms with van der Waals surface area (Å²) in [4.78, 5) is 0. The van der Waals surface area contributed by atoms with Gasteiger partial charge in [-0.15, -0.1) is 0 Å². The van der Waals surface area contributed by atoms with Crippen molar-refractivity contribution in [1.29, 1.82) is 0 Å². The van der Waals surface area contributed by atoms with E-state index >= 15 is 0 Å². The molecule has 0 aromatic carbocycles. The monoisotopic (exact) mass is 267 g/mol. The highest BCUT2D eigenvalue weighted by atomic mass is 14.1. The highest BCUT2D eigenvalue weighted by Gasteiger charge is 2.00. The Morgan fingerprint density at radius 1 is 0.684 bits per heavy atom. The third-order valence-electron chi connectivity index (χ3n) is 4.19. The van der Waals surface area contributed by atoms with Gasteiger partial charge < -0.3 is 0 Å². The smallest absolute Gasteiger partial charge is 0.0414 e. The summed E-state index contributed by atoms with van der Waals surface area (Å²) in [5.74, 6) is 0.910. The first kappa shape index (κ1) is 19.0. The van der Waals surface area contributed by atoms with Crippen LogP contribution in [-0.4, -0.2) is 0 Å². The molecule has 115 valence electrons. The summed E-state index contributed by atoms with van der Waals surface area (Å²) >= 11 is 0. The molecule has 0 aliphatic heterocycles. The van der Waals surface area contributed by atoms with Gasteiger partial charge in [-0.1, -0.05) is 104 Å². The van der Waals surface area contributed by atoms with E-state index in [1.54, 1.807) is 0 Å². The summed E-state index contributed by atoms with van der Waals surface area (Å²) in [5, 5.41) is 0. The van der Waals surface area contributed by atoms with Crippen molar-refractivity contribution in [3.63, 3.8) is 0 Å². The van der Waals surface area contributed by atoms with Gasteiger partial charge in [-0.2, -0.15) is 0 Å². The van der Waals surface area contributed by atoms with Gasteiger partial charge in [0, 0.05) is 0 Å². The quantitative estimate of drug-likeness (QED) is 0.272. The second kappa shape index (κ2) is 16.1. The van der Waals surface area contributed by atoms with Crippen LogP contribution in [0.4, 0.5) is 0 Å². The number of hydrogen-bond donors (Lipinski definition) is 0. The minimum absolute atomic E-state index is 0.910. The van der Waals surface area contributed by atoms with Crippen molar-refractivity contribution in [2.45, 2.75) is 111 Å². The molecular formula is C19H39. The fourth-order valence-electron chi connectivity index (χ4n) is 2.85. The zero-order chi connectivity index (χ0) is 14.2. The molecule has 0 bridgehead atoms. The molecule has 0 amide bonds. The normalized spacial score (nSPS) is 12.8. The summed E-state index contributed by atoms with van der Waals surface area (Å²) < 4.78 is 0. The van der Waals surface area contributed by atoms with Crippen molar-refractivity contribution in [3.8, 4) is 0 Å². The van der Waals surface area contributed by atoms with E-state index < -0.39 is 0 Å². The number of hydrogen-bond acceptors (Lipinski definition) is 0. The van der Waals surface area contributed by atoms with E-state index in [2.05, 4.69) is 27.2 Å². The van der Waals surface area contributed by atoms with Gasteiger partial charge in [-0.05, 0) is 18.8 Å². The standard InChI is InChI=1S/C19H39/c1-4-6-7-8-9-10-11-12-13-14-15-16-18-19(3)17-5-2/h5,19H,4,6-18H2,1-3H3. The van der Waals surface area contributed by atoms with Crippen LogP contribution in [0.25, 0.3) is 0 Å². The summed E-state index contributed by atoms with van der Waals surface area (Å²) in [7, 11) is 0. The summed E-state index contributed by atoms with van der Waals surface area (Å²) in [6.07, 6.45) is 22.6. The molecule has 0 fully saturated rings. The lowest BCUT2D eigenvalue weighted by Crippen LogP contribution is -1.93. The van der Waals surface area contributed by atoms with Crippen LogP contribution in [-0.2, 0) is 0 Å². The van der Waals surface area contributed by atoms with Crippen LogP contribution in [0.2, 0.25) is 0 Å². The first-order valence-electron chi connectivity index (χ1n) is 9.09. The van der Waals surface area contributed by atoms with Crippen molar-refractivity contribution in [1.82, 2.24) is 0 Å². The van der Waals surface area contributed by atoms with E-state index in [1.165, 1.54) is 89.9 Å². The molecule has 0 rings (SSSR count). The average Bonchev–Trinajstić information content (AvgIpc) is 2.40. The lowest BCUT2D eigenvalue weighted by atomic mass is 9.98. The van der Waals surface area contributed by atoms with Gasteiger partial charge in [-0.3, -0.25) is 0 Å². The second-order valence-electron chi connectivity index (χ2n) is 6.43. The fourth-order valence-corrected chi connectivity index (χ4v) is 2.85. The molecule has 0 heterocycles. The lowest BCUT2D eigenvalue weighted by Gasteiger charge is -2.09. The van der Waals surface area contributed by atoms with Gasteiger partial charge in [0.05, 0.1) is 0 Å². The number of unbranched alkanes of at least 4 members (excludes halogenated alkanes) is 11. The van der Waals surface area contributed by atoms with Crippen molar-refractivity contribution in [3.05, 3.63) is 6.42 Å². The predicted octanol–water partition coefficient (Wildman–Crippen LogP) is 7.33. The second-order valence-corrected chi connectivity index (χ2v) is 6.43. The first-order chi connectivity index (χ1) is 9.31. The highest BCUT2D eigenvalue weighted by molar-refractivity contribution is 4.62. The molecule has 1 atom stereocenters. The topological polar surface area (TPSA) is 0 Å². The van der Waals surface area contributed by atoms with Crippen molar-refractivity contribution in [2.24, 2.45) is 5.92 Å². The molecule has 0 N–H and O–H groups in total. The minimum atomic E-state index is 0.910. The summed E-state index contributed by atoms with van der Waals surface area (Å²) in [6, 6.07) is 0. The van der Waals surface area contributed by atoms with Crippen molar-refractivity contribution >= 4 is 0 Å². The van der Waals surface area contributed by atoms with Gasteiger partial charge in [0.1, 0.15) is 0 Å². The molecule has 0 nitrogen and oxygen atoms in total. The fraction of sp³-hybridized carbons (Fsp3) is 0.947. The Kier molecular flexibility index (Phi) is 16.1. The molecule has 0 aromatic rings. The van der Waals surface area contributed by atoms with Gasteiger partial charge in [0.15, 0.2) is 0 Å². The van der Waals surface area contributed by atoms with Crippen LogP contribution in [0.15, 0.2) is 0 Å². The third-order valence-corrected chi connectivity index (χ3v) is 4.19. The molecule has 0 aliphatic carbocycles. The van der Waals surface area contributed by atoms with Gasteiger partial charge in [0.25, 0.3) is 0 Å². The van der Waals surface area contributed by atoms with Crippen LogP contribution in [0.3, 0.4) is 0 Å². The van der Waals surface area contributed by atoms with Crippen LogP contribution in [0.5, 0.6) is 0 Å². The molecule has 0 saturated carbocycles. The van der Waals surface area contributed by atoms with E-state index in [1.807, 2.05) is 0 Å². The Bertz CT molecular complexity index is 150. The molecule has 0 heteroatoms. The number of rotatable bonds is 15. The SMILES string of the molecule is C[CH]CC(C)CCCCCCCCCCCCCC. The molecular weight excluding hydrogens is 228 g/mol. The Labute approximate surface area is 123 Å². The average molecular weight is 268 g/mol. The van der Waals surface area contributed by atoms with E-state index in [0.29, 0.717) is 0 Å². The van der Waals surface area contributed by atoms with Crippen LogP contribution in [0, 0.1) is 12.3 Å². The van der Waals surface area contributed by atoms with Gasteiger partial charge in [0.2, 0.25) is 0 Å². The van der Waals surface area contributed by atoms with Crippen LogP contribution >= 0.6 is 0 Å². The Morgan fingerprint density at radius 2 is 1.11 bits per heavy atom. The van der Waals surface area contributed by atoms with Gasteiger partial charge >= 0.3 is 0 Å². The maximum Gasteiger partial charge on any atom is -0.0414 e. The highest BCUT2D eigenvalue weighted by Crippen LogP contribution is 2.16. The molecule has 0 aliphatic rings. The molecule has 1 radical (unpaired) electrons. The Balaban J connectivity index is 2.99. The lowest BCUT2D eigenvalue weighted by molar-refractivity contribution is 0.474.